The quantitative estimate of drug-likeness (QED) is 0.419. The SMILES string of the molecule is C=CCCCO.OCCCC=CCCCO. The number of hydrogen-bond donors (Lipinski definition) is 3. The van der Waals surface area contributed by atoms with E-state index in [2.05, 4.69) is 6.58 Å². The smallest absolute Gasteiger partial charge is 0.0433 e. The lowest BCUT2D eigenvalue weighted by Gasteiger charge is -1.89. The fourth-order valence-electron chi connectivity index (χ4n) is 0.890. The van der Waals surface area contributed by atoms with E-state index in [9.17, 15) is 0 Å². The van der Waals surface area contributed by atoms with E-state index >= 15 is 0 Å². The number of rotatable bonds is 9. The largest absolute Gasteiger partial charge is 0.396 e. The van der Waals surface area contributed by atoms with E-state index in [0.717, 1.165) is 38.5 Å². The Hall–Kier alpha value is -0.640. The van der Waals surface area contributed by atoms with Crippen LogP contribution in [0.4, 0.5) is 0 Å². The number of allylic oxidation sites excluding steroid dienone is 3. The summed E-state index contributed by atoms with van der Waals surface area (Å²) in [7, 11) is 0. The highest BCUT2D eigenvalue weighted by Gasteiger charge is 1.79. The van der Waals surface area contributed by atoms with Crippen molar-refractivity contribution in [2.24, 2.45) is 0 Å². The van der Waals surface area contributed by atoms with Crippen molar-refractivity contribution < 1.29 is 15.3 Å². The van der Waals surface area contributed by atoms with Crippen LogP contribution in [0.1, 0.15) is 38.5 Å². The minimum absolute atomic E-state index is 0.268. The monoisotopic (exact) mass is 230 g/mol. The molecule has 0 amide bonds. The Bertz CT molecular complexity index is 134. The van der Waals surface area contributed by atoms with Crippen molar-refractivity contribution in [2.75, 3.05) is 19.8 Å². The highest BCUT2D eigenvalue weighted by atomic mass is 16.3. The van der Waals surface area contributed by atoms with Gasteiger partial charge in [-0.15, -0.1) is 6.58 Å². The molecule has 96 valence electrons. The first-order valence-electron chi connectivity index (χ1n) is 5.92. The highest BCUT2D eigenvalue weighted by molar-refractivity contribution is 4.80. The van der Waals surface area contributed by atoms with Gasteiger partial charge in [0.05, 0.1) is 0 Å². The maximum atomic E-state index is 8.40. The Labute approximate surface area is 99.1 Å². The molecule has 0 heterocycles. The standard InChI is InChI=1S/C8H16O2.C5H10O/c9-7-5-3-1-2-4-6-8-10;1-2-3-4-5-6/h1-2,9-10H,3-8H2;2,6H,1,3-5H2. The van der Waals surface area contributed by atoms with Gasteiger partial charge >= 0.3 is 0 Å². The van der Waals surface area contributed by atoms with E-state index in [1.54, 1.807) is 6.08 Å². The summed E-state index contributed by atoms with van der Waals surface area (Å²) in [6.07, 6.45) is 11.3. The zero-order valence-corrected chi connectivity index (χ0v) is 10.1. The summed E-state index contributed by atoms with van der Waals surface area (Å²) in [5.41, 5.74) is 0. The Kier molecular flexibility index (Phi) is 22.0. The fourth-order valence-corrected chi connectivity index (χ4v) is 0.890. The van der Waals surface area contributed by atoms with Crippen LogP contribution in [0.5, 0.6) is 0 Å². The number of hydrogen-bond acceptors (Lipinski definition) is 3. The van der Waals surface area contributed by atoms with Crippen LogP contribution in [0, 0.1) is 0 Å². The zero-order valence-electron chi connectivity index (χ0n) is 10.1. The van der Waals surface area contributed by atoms with Gasteiger partial charge in [0.25, 0.3) is 0 Å². The van der Waals surface area contributed by atoms with E-state index in [1.807, 2.05) is 12.2 Å². The van der Waals surface area contributed by atoms with Gasteiger partial charge in [0, 0.05) is 19.8 Å². The molecule has 3 N–H and O–H groups in total. The van der Waals surface area contributed by atoms with E-state index in [1.165, 1.54) is 0 Å². The zero-order chi connectivity index (χ0) is 12.5. The summed E-state index contributed by atoms with van der Waals surface area (Å²) in [5, 5.41) is 24.9. The van der Waals surface area contributed by atoms with Crippen LogP contribution < -0.4 is 0 Å². The normalized spacial score (nSPS) is 9.94. The number of aliphatic hydroxyl groups is 3. The molecule has 3 heteroatoms. The Morgan fingerprint density at radius 2 is 1.06 bits per heavy atom. The third-order valence-electron chi connectivity index (χ3n) is 1.79. The Balaban J connectivity index is 0. The first kappa shape index (κ1) is 17.7. The van der Waals surface area contributed by atoms with Gasteiger partial charge in [-0.2, -0.15) is 0 Å². The summed E-state index contributed by atoms with van der Waals surface area (Å²) in [6.45, 7) is 4.31. The van der Waals surface area contributed by atoms with Crippen LogP contribution in [0.15, 0.2) is 24.8 Å². The fraction of sp³-hybridized carbons (Fsp3) is 0.692. The van der Waals surface area contributed by atoms with E-state index < -0.39 is 0 Å². The van der Waals surface area contributed by atoms with Crippen molar-refractivity contribution >= 4 is 0 Å². The lowest BCUT2D eigenvalue weighted by molar-refractivity contribution is 0.288. The van der Waals surface area contributed by atoms with E-state index in [-0.39, 0.29) is 19.8 Å². The van der Waals surface area contributed by atoms with Gasteiger partial charge in [0.1, 0.15) is 0 Å². The van der Waals surface area contributed by atoms with E-state index in [0.29, 0.717) is 0 Å². The van der Waals surface area contributed by atoms with Gasteiger partial charge in [-0.25, -0.2) is 0 Å². The average Bonchev–Trinajstić information content (AvgIpc) is 2.32. The van der Waals surface area contributed by atoms with Crippen molar-refractivity contribution in [1.82, 2.24) is 0 Å². The van der Waals surface area contributed by atoms with Gasteiger partial charge in [0.2, 0.25) is 0 Å². The van der Waals surface area contributed by atoms with Crippen molar-refractivity contribution in [3.63, 3.8) is 0 Å². The van der Waals surface area contributed by atoms with Crippen LogP contribution >= 0.6 is 0 Å². The maximum absolute atomic E-state index is 8.40. The lowest BCUT2D eigenvalue weighted by Crippen LogP contribution is -1.80. The molecule has 3 nitrogen and oxygen atoms in total. The van der Waals surface area contributed by atoms with Crippen molar-refractivity contribution in [1.29, 1.82) is 0 Å². The second-order valence-corrected chi connectivity index (χ2v) is 3.36. The summed E-state index contributed by atoms with van der Waals surface area (Å²) in [6, 6.07) is 0. The molecule has 0 radical (unpaired) electrons. The lowest BCUT2D eigenvalue weighted by atomic mass is 10.2. The second kappa shape index (κ2) is 19.9. The van der Waals surface area contributed by atoms with Gasteiger partial charge in [-0.1, -0.05) is 18.2 Å². The topological polar surface area (TPSA) is 60.7 Å². The molecule has 0 unspecified atom stereocenters. The first-order chi connectivity index (χ1) is 7.83. The molecule has 0 bridgehead atoms. The number of unbranched alkanes of at least 4 members (excludes halogenated alkanes) is 3. The molecule has 0 aromatic heterocycles. The summed E-state index contributed by atoms with van der Waals surface area (Å²) >= 11 is 0. The van der Waals surface area contributed by atoms with Gasteiger partial charge in [-0.3, -0.25) is 0 Å². The molecular weight excluding hydrogens is 204 g/mol. The summed E-state index contributed by atoms with van der Waals surface area (Å²) in [5.74, 6) is 0. The molecule has 0 fully saturated rings. The second-order valence-electron chi connectivity index (χ2n) is 3.36. The van der Waals surface area contributed by atoms with Crippen LogP contribution in [-0.4, -0.2) is 35.1 Å². The molecule has 0 spiro atoms. The van der Waals surface area contributed by atoms with Crippen LogP contribution in [0.3, 0.4) is 0 Å². The minimum Gasteiger partial charge on any atom is -0.396 e. The van der Waals surface area contributed by atoms with Crippen LogP contribution in [-0.2, 0) is 0 Å². The summed E-state index contributed by atoms with van der Waals surface area (Å²) in [4.78, 5) is 0. The van der Waals surface area contributed by atoms with Gasteiger partial charge < -0.3 is 15.3 Å². The molecule has 0 aliphatic heterocycles. The minimum atomic E-state index is 0.268. The Morgan fingerprint density at radius 3 is 1.31 bits per heavy atom. The number of aliphatic hydroxyl groups excluding tert-OH is 3. The molecule has 0 saturated heterocycles. The predicted octanol–water partition coefficient (Wildman–Crippen LogP) is 2.03. The first-order valence-corrected chi connectivity index (χ1v) is 5.92. The maximum Gasteiger partial charge on any atom is 0.0433 e. The molecule has 0 rings (SSSR count). The predicted molar refractivity (Wildman–Crippen MR) is 68.3 cm³/mol. The van der Waals surface area contributed by atoms with E-state index in [4.69, 9.17) is 15.3 Å². The molecule has 16 heavy (non-hydrogen) atoms. The molecular formula is C13H26O3. The molecule has 0 aliphatic carbocycles. The molecule has 0 saturated carbocycles. The average molecular weight is 230 g/mol. The molecule has 0 aromatic rings. The van der Waals surface area contributed by atoms with Gasteiger partial charge in [-0.05, 0) is 38.5 Å². The van der Waals surface area contributed by atoms with Crippen molar-refractivity contribution in [2.45, 2.75) is 38.5 Å². The molecule has 0 aliphatic rings. The summed E-state index contributed by atoms with van der Waals surface area (Å²) < 4.78 is 0. The van der Waals surface area contributed by atoms with Gasteiger partial charge in [0.15, 0.2) is 0 Å². The van der Waals surface area contributed by atoms with Crippen LogP contribution in [0.2, 0.25) is 0 Å². The molecule has 0 atom stereocenters. The Morgan fingerprint density at radius 1 is 0.688 bits per heavy atom. The van der Waals surface area contributed by atoms with Crippen LogP contribution in [0.25, 0.3) is 0 Å². The molecule has 0 aromatic carbocycles. The van der Waals surface area contributed by atoms with Crippen molar-refractivity contribution in [3.8, 4) is 0 Å². The third kappa shape index (κ3) is 23.3. The van der Waals surface area contributed by atoms with Crippen molar-refractivity contribution in [3.05, 3.63) is 24.8 Å². The highest BCUT2D eigenvalue weighted by Crippen LogP contribution is 1.93. The third-order valence-corrected chi connectivity index (χ3v) is 1.79.